The Morgan fingerprint density at radius 2 is 1.76 bits per heavy atom. The molecule has 4 heterocycles. The van der Waals surface area contributed by atoms with Crippen molar-refractivity contribution in [1.82, 2.24) is 14.9 Å². The number of hydrogen-bond acceptors (Lipinski definition) is 8. The number of fused-ring (bicyclic) bond motifs is 3. The minimum atomic E-state index is -0.680. The maximum Gasteiger partial charge on any atom is 0.410 e. The zero-order chi connectivity index (χ0) is 29.6. The summed E-state index contributed by atoms with van der Waals surface area (Å²) in [5.41, 5.74) is 0.162. The summed E-state index contributed by atoms with van der Waals surface area (Å²) in [7, 11) is 0. The van der Waals surface area contributed by atoms with E-state index in [0.29, 0.717) is 54.3 Å². The van der Waals surface area contributed by atoms with Gasteiger partial charge in [-0.2, -0.15) is 0 Å². The van der Waals surface area contributed by atoms with Crippen LogP contribution in [0.5, 0.6) is 11.5 Å². The summed E-state index contributed by atoms with van der Waals surface area (Å²) in [5, 5.41) is 3.58. The van der Waals surface area contributed by atoms with Crippen molar-refractivity contribution >= 4 is 51.7 Å². The van der Waals surface area contributed by atoms with Crippen LogP contribution in [0.15, 0.2) is 30.6 Å². The van der Waals surface area contributed by atoms with Crippen molar-refractivity contribution in [3.63, 3.8) is 0 Å². The third kappa shape index (κ3) is 6.02. The summed E-state index contributed by atoms with van der Waals surface area (Å²) >= 11 is 12.0. The molecular weight excluding hydrogens is 586 g/mol. The number of rotatable bonds is 6. The van der Waals surface area contributed by atoms with Crippen LogP contribution in [0.4, 0.5) is 20.7 Å². The maximum absolute atomic E-state index is 14.9. The van der Waals surface area contributed by atoms with Gasteiger partial charge in [-0.25, -0.2) is 19.2 Å². The van der Waals surface area contributed by atoms with E-state index >= 15 is 0 Å². The Labute approximate surface area is 253 Å². The molecule has 1 amide bonds. The number of benzene rings is 2. The van der Waals surface area contributed by atoms with Crippen molar-refractivity contribution in [1.29, 1.82) is 0 Å². The Bertz CT molecular complexity index is 1480. The second-order valence-electron chi connectivity index (χ2n) is 12.0. The SMILES string of the molecule is CC(C)(C)OC(=O)N1[C@@H]2CC[C@H]1CC(Oc1cc3c(Nc4ccc(Cl)c(Cl)c4F)ncnc3cc1O[C@H]1CCOC1)C2. The fourth-order valence-corrected chi connectivity index (χ4v) is 6.21. The molecule has 3 aliphatic rings. The fraction of sp³-hybridized carbons (Fsp3) is 0.500. The van der Waals surface area contributed by atoms with Crippen molar-refractivity contribution < 1.29 is 28.1 Å². The number of ether oxygens (including phenoxy) is 4. The van der Waals surface area contributed by atoms with Gasteiger partial charge in [0, 0.05) is 42.8 Å². The summed E-state index contributed by atoms with van der Waals surface area (Å²) in [4.78, 5) is 23.6. The van der Waals surface area contributed by atoms with E-state index in [4.69, 9.17) is 42.1 Å². The van der Waals surface area contributed by atoms with Gasteiger partial charge in [-0.15, -0.1) is 0 Å². The lowest BCUT2D eigenvalue weighted by molar-refractivity contribution is -0.00759. The molecule has 0 spiro atoms. The molecular formula is C30H33Cl2FN4O5. The summed E-state index contributed by atoms with van der Waals surface area (Å²) in [5.74, 6) is 0.765. The molecule has 4 atom stereocenters. The second kappa shape index (κ2) is 11.5. The Kier molecular flexibility index (Phi) is 7.97. The van der Waals surface area contributed by atoms with Crippen molar-refractivity contribution in [2.24, 2.45) is 0 Å². The standard InChI is InChI=1S/C30H33Cl2FN4O5/c1-30(2,3)42-29(38)37-16-4-5-17(37)11-19(10-16)41-24-12-20-23(13-25(24)40-18-8-9-39-14-18)34-15-35-28(20)36-22-7-6-21(31)26(32)27(22)33/h6-7,12-13,15-19H,4-5,8-11,14H2,1-3H3,(H,34,35,36)/t16-,17+,18-,19?/m0/s1. The molecule has 224 valence electrons. The van der Waals surface area contributed by atoms with E-state index < -0.39 is 11.4 Å². The first-order chi connectivity index (χ1) is 20.1. The monoisotopic (exact) mass is 618 g/mol. The molecule has 3 saturated heterocycles. The molecule has 3 aromatic rings. The first-order valence-corrected chi connectivity index (χ1v) is 14.9. The van der Waals surface area contributed by atoms with Gasteiger partial charge in [0.15, 0.2) is 17.3 Å². The van der Waals surface area contributed by atoms with E-state index in [1.807, 2.05) is 37.8 Å². The van der Waals surface area contributed by atoms with Crippen LogP contribution >= 0.6 is 23.2 Å². The van der Waals surface area contributed by atoms with Crippen molar-refractivity contribution in [2.45, 2.75) is 82.8 Å². The molecule has 0 saturated carbocycles. The molecule has 1 unspecified atom stereocenters. The van der Waals surface area contributed by atoms with E-state index in [2.05, 4.69) is 15.3 Å². The minimum absolute atomic E-state index is 0.0369. The number of hydrogen-bond donors (Lipinski definition) is 1. The molecule has 0 aliphatic carbocycles. The van der Waals surface area contributed by atoms with Crippen LogP contribution in [-0.2, 0) is 9.47 Å². The Hall–Kier alpha value is -3.08. The van der Waals surface area contributed by atoms with Crippen LogP contribution < -0.4 is 14.8 Å². The summed E-state index contributed by atoms with van der Waals surface area (Å²) < 4.78 is 39.1. The predicted molar refractivity (Wildman–Crippen MR) is 158 cm³/mol. The topological polar surface area (TPSA) is 95.0 Å². The van der Waals surface area contributed by atoms with Gasteiger partial charge in [-0.05, 0) is 51.8 Å². The normalized spacial score (nSPS) is 23.7. The van der Waals surface area contributed by atoms with Gasteiger partial charge in [0.25, 0.3) is 0 Å². The molecule has 42 heavy (non-hydrogen) atoms. The lowest BCUT2D eigenvalue weighted by atomic mass is 10.00. The highest BCUT2D eigenvalue weighted by Crippen LogP contribution is 2.42. The molecule has 3 fully saturated rings. The zero-order valence-corrected chi connectivity index (χ0v) is 25.2. The molecule has 3 aliphatic heterocycles. The number of nitrogens with one attached hydrogen (secondary N) is 1. The Morgan fingerprint density at radius 1 is 1.05 bits per heavy atom. The summed E-state index contributed by atoms with van der Waals surface area (Å²) in [6.07, 6.45) is 4.79. The van der Waals surface area contributed by atoms with E-state index in [1.54, 1.807) is 0 Å². The number of piperidine rings is 1. The molecule has 6 rings (SSSR count). The predicted octanol–water partition coefficient (Wildman–Crippen LogP) is 7.30. The number of anilines is 2. The first kappa shape index (κ1) is 29.0. The van der Waals surface area contributed by atoms with Gasteiger partial charge in [0.2, 0.25) is 0 Å². The highest BCUT2D eigenvalue weighted by molar-refractivity contribution is 6.42. The number of nitrogens with zero attached hydrogens (tertiary/aromatic N) is 3. The van der Waals surface area contributed by atoms with E-state index in [1.165, 1.54) is 18.5 Å². The zero-order valence-electron chi connectivity index (χ0n) is 23.7. The third-order valence-electron chi connectivity index (χ3n) is 7.76. The average Bonchev–Trinajstić information content (AvgIpc) is 3.54. The summed E-state index contributed by atoms with van der Waals surface area (Å²) in [6.45, 7) is 6.75. The largest absolute Gasteiger partial charge is 0.486 e. The van der Waals surface area contributed by atoms with Gasteiger partial charge < -0.3 is 29.2 Å². The lowest BCUT2D eigenvalue weighted by Gasteiger charge is -2.39. The molecule has 9 nitrogen and oxygen atoms in total. The van der Waals surface area contributed by atoms with Crippen LogP contribution in [0.25, 0.3) is 10.9 Å². The molecule has 2 bridgehead atoms. The Balaban J connectivity index is 1.30. The minimum Gasteiger partial charge on any atom is -0.486 e. The van der Waals surface area contributed by atoms with Gasteiger partial charge in [-0.1, -0.05) is 23.2 Å². The van der Waals surface area contributed by atoms with Crippen molar-refractivity contribution in [2.75, 3.05) is 18.5 Å². The molecule has 1 aromatic heterocycles. The van der Waals surface area contributed by atoms with Crippen molar-refractivity contribution in [3.8, 4) is 11.5 Å². The summed E-state index contributed by atoms with van der Waals surface area (Å²) in [6, 6.07) is 6.72. The lowest BCUT2D eigenvalue weighted by Crippen LogP contribution is -2.50. The highest BCUT2D eigenvalue weighted by Gasteiger charge is 2.45. The molecule has 1 N–H and O–H groups in total. The fourth-order valence-electron chi connectivity index (χ4n) is 5.90. The van der Waals surface area contributed by atoms with Crippen LogP contribution in [0, 0.1) is 5.82 Å². The van der Waals surface area contributed by atoms with Gasteiger partial charge >= 0.3 is 6.09 Å². The van der Waals surface area contributed by atoms with E-state index in [-0.39, 0.29) is 46.1 Å². The van der Waals surface area contributed by atoms with Crippen LogP contribution in [-0.4, -0.2) is 64.1 Å². The number of aromatic nitrogens is 2. The maximum atomic E-state index is 14.9. The number of carbonyl (C=O) groups excluding carboxylic acids is 1. The van der Waals surface area contributed by atoms with Gasteiger partial charge in [0.05, 0.1) is 34.5 Å². The second-order valence-corrected chi connectivity index (χ2v) is 12.8. The third-order valence-corrected chi connectivity index (χ3v) is 8.54. The highest BCUT2D eigenvalue weighted by atomic mass is 35.5. The quantitative estimate of drug-likeness (QED) is 0.288. The number of amides is 1. The Morgan fingerprint density at radius 3 is 2.45 bits per heavy atom. The van der Waals surface area contributed by atoms with Crippen molar-refractivity contribution in [3.05, 3.63) is 46.5 Å². The number of carbonyl (C=O) groups is 1. The van der Waals surface area contributed by atoms with Crippen LogP contribution in [0.2, 0.25) is 10.0 Å². The molecule has 2 aromatic carbocycles. The van der Waals surface area contributed by atoms with Crippen LogP contribution in [0.3, 0.4) is 0 Å². The van der Waals surface area contributed by atoms with Gasteiger partial charge in [0.1, 0.15) is 30.0 Å². The smallest absolute Gasteiger partial charge is 0.410 e. The van der Waals surface area contributed by atoms with Crippen LogP contribution in [0.1, 0.15) is 52.9 Å². The molecule has 0 radical (unpaired) electrons. The average molecular weight is 620 g/mol. The van der Waals surface area contributed by atoms with E-state index in [0.717, 1.165) is 19.3 Å². The van der Waals surface area contributed by atoms with E-state index in [9.17, 15) is 9.18 Å². The number of halogens is 3. The van der Waals surface area contributed by atoms with Gasteiger partial charge in [-0.3, -0.25) is 0 Å². The molecule has 12 heteroatoms. The first-order valence-electron chi connectivity index (χ1n) is 14.2.